The predicted octanol–water partition coefficient (Wildman–Crippen LogP) is 3.15. The van der Waals surface area contributed by atoms with E-state index in [9.17, 15) is 0 Å². The van der Waals surface area contributed by atoms with Gasteiger partial charge in [0.1, 0.15) is 0 Å². The van der Waals surface area contributed by atoms with E-state index in [2.05, 4.69) is 59.7 Å². The zero-order valence-electron chi connectivity index (χ0n) is 8.03. The molecule has 0 fully saturated rings. The van der Waals surface area contributed by atoms with Gasteiger partial charge in [0.2, 0.25) is 0 Å². The van der Waals surface area contributed by atoms with E-state index in [0.717, 1.165) is 12.8 Å². The molecule has 0 aliphatic rings. The van der Waals surface area contributed by atoms with Crippen LogP contribution in [0, 0.1) is 0 Å². The Morgan fingerprint density at radius 1 is 1.31 bits per heavy atom. The fourth-order valence-corrected chi connectivity index (χ4v) is 1.63. The summed E-state index contributed by atoms with van der Waals surface area (Å²) in [4.78, 5) is 0. The van der Waals surface area contributed by atoms with Crippen molar-refractivity contribution >= 4 is 10.2 Å². The van der Waals surface area contributed by atoms with Crippen LogP contribution in [0.5, 0.6) is 0 Å². The maximum absolute atomic E-state index is 3.66. The number of aryl methyl sites for hydroxylation is 1. The maximum Gasteiger partial charge on any atom is 0.0322 e. The van der Waals surface area contributed by atoms with Crippen molar-refractivity contribution in [3.63, 3.8) is 0 Å². The zero-order valence-corrected chi connectivity index (χ0v) is 9.03. The van der Waals surface area contributed by atoms with Gasteiger partial charge in [0, 0.05) is 10.2 Å². The van der Waals surface area contributed by atoms with Crippen molar-refractivity contribution in [1.29, 1.82) is 0 Å². The molecule has 0 aliphatic heterocycles. The minimum Gasteiger partial charge on any atom is -0.0917 e. The van der Waals surface area contributed by atoms with E-state index in [1.807, 2.05) is 0 Å². The van der Waals surface area contributed by atoms with Gasteiger partial charge in [0.25, 0.3) is 0 Å². The standard InChI is InChI=1S/C12H15Si/c1-2-6-12(13)10-9-11-7-4-3-5-8-11/h2-8,12H,9-10H2,1H3/b6-2-/t12-/m1/s1. The topological polar surface area (TPSA) is 0 Å². The summed E-state index contributed by atoms with van der Waals surface area (Å²) < 4.78 is 0. The Balaban J connectivity index is 2.35. The fourth-order valence-electron chi connectivity index (χ4n) is 1.30. The average molecular weight is 187 g/mol. The van der Waals surface area contributed by atoms with Crippen LogP contribution in [0.3, 0.4) is 0 Å². The van der Waals surface area contributed by atoms with Gasteiger partial charge in [0.15, 0.2) is 0 Å². The van der Waals surface area contributed by atoms with Crippen molar-refractivity contribution in [2.75, 3.05) is 0 Å². The Kier molecular flexibility index (Phi) is 4.55. The molecule has 0 bridgehead atoms. The molecule has 0 amide bonds. The highest BCUT2D eigenvalue weighted by molar-refractivity contribution is 6.12. The van der Waals surface area contributed by atoms with Gasteiger partial charge in [-0.15, -0.1) is 0 Å². The molecule has 1 aromatic rings. The molecule has 0 aliphatic carbocycles. The van der Waals surface area contributed by atoms with Crippen LogP contribution in [-0.4, -0.2) is 10.2 Å². The molecule has 13 heavy (non-hydrogen) atoms. The second-order valence-electron chi connectivity index (χ2n) is 3.16. The quantitative estimate of drug-likeness (QED) is 0.502. The van der Waals surface area contributed by atoms with Gasteiger partial charge in [-0.2, -0.15) is 0 Å². The van der Waals surface area contributed by atoms with Gasteiger partial charge in [-0.1, -0.05) is 42.5 Å². The summed E-state index contributed by atoms with van der Waals surface area (Å²) in [7, 11) is 3.66. The monoisotopic (exact) mass is 187 g/mol. The van der Waals surface area contributed by atoms with Gasteiger partial charge < -0.3 is 0 Å². The number of rotatable bonds is 4. The molecular weight excluding hydrogens is 172 g/mol. The third-order valence-electron chi connectivity index (χ3n) is 2.01. The lowest BCUT2D eigenvalue weighted by Gasteiger charge is -2.05. The van der Waals surface area contributed by atoms with E-state index in [4.69, 9.17) is 0 Å². The summed E-state index contributed by atoms with van der Waals surface area (Å²) in [6, 6.07) is 10.6. The first-order valence-corrected chi connectivity index (χ1v) is 5.28. The lowest BCUT2D eigenvalue weighted by Crippen LogP contribution is -1.91. The Morgan fingerprint density at radius 3 is 2.62 bits per heavy atom. The molecule has 0 saturated heterocycles. The lowest BCUT2D eigenvalue weighted by molar-refractivity contribution is 0.839. The van der Waals surface area contributed by atoms with Crippen LogP contribution in [0.15, 0.2) is 42.5 Å². The first-order valence-electron chi connectivity index (χ1n) is 4.71. The van der Waals surface area contributed by atoms with Crippen molar-refractivity contribution in [1.82, 2.24) is 0 Å². The van der Waals surface area contributed by atoms with Crippen molar-refractivity contribution < 1.29 is 0 Å². The number of benzene rings is 1. The molecule has 0 saturated carbocycles. The molecule has 0 aromatic heterocycles. The molecule has 3 radical (unpaired) electrons. The number of hydrogen-bond donors (Lipinski definition) is 0. The lowest BCUT2D eigenvalue weighted by atomic mass is 10.1. The summed E-state index contributed by atoms with van der Waals surface area (Å²) in [5.74, 6) is 0. The van der Waals surface area contributed by atoms with Gasteiger partial charge in [-0.05, 0) is 30.9 Å². The first kappa shape index (κ1) is 10.3. The van der Waals surface area contributed by atoms with E-state index >= 15 is 0 Å². The van der Waals surface area contributed by atoms with Gasteiger partial charge in [0.05, 0.1) is 0 Å². The Labute approximate surface area is 84.1 Å². The molecule has 67 valence electrons. The third-order valence-corrected chi connectivity index (χ3v) is 2.49. The van der Waals surface area contributed by atoms with Gasteiger partial charge in [-0.3, -0.25) is 0 Å². The molecule has 0 nitrogen and oxygen atoms in total. The van der Waals surface area contributed by atoms with Gasteiger partial charge in [-0.25, -0.2) is 0 Å². The predicted molar refractivity (Wildman–Crippen MR) is 59.1 cm³/mol. The van der Waals surface area contributed by atoms with Crippen LogP contribution in [0.25, 0.3) is 0 Å². The largest absolute Gasteiger partial charge is 0.0917 e. The van der Waals surface area contributed by atoms with E-state index in [1.165, 1.54) is 5.56 Å². The number of allylic oxidation sites excluding steroid dienone is 2. The summed E-state index contributed by atoms with van der Waals surface area (Å²) in [5, 5.41) is 0. The minimum atomic E-state index is 0.505. The molecule has 0 unspecified atom stereocenters. The van der Waals surface area contributed by atoms with Crippen molar-refractivity contribution in [2.24, 2.45) is 0 Å². The molecule has 0 N–H and O–H groups in total. The highest BCUT2D eigenvalue weighted by atomic mass is 28.1. The molecule has 1 atom stereocenters. The molecular formula is C12H15Si. The van der Waals surface area contributed by atoms with Crippen molar-refractivity contribution in [3.8, 4) is 0 Å². The maximum atomic E-state index is 3.66. The van der Waals surface area contributed by atoms with Gasteiger partial charge >= 0.3 is 0 Å². The van der Waals surface area contributed by atoms with E-state index < -0.39 is 0 Å². The highest BCUT2D eigenvalue weighted by Gasteiger charge is 1.97. The van der Waals surface area contributed by atoms with E-state index in [1.54, 1.807) is 0 Å². The zero-order chi connectivity index (χ0) is 9.52. The minimum absolute atomic E-state index is 0.505. The summed E-state index contributed by atoms with van der Waals surface area (Å²) in [5.41, 5.74) is 1.92. The molecule has 0 spiro atoms. The summed E-state index contributed by atoms with van der Waals surface area (Å²) in [6.07, 6.45) is 6.56. The van der Waals surface area contributed by atoms with Crippen LogP contribution in [0.1, 0.15) is 18.9 Å². The number of hydrogen-bond acceptors (Lipinski definition) is 0. The van der Waals surface area contributed by atoms with Crippen LogP contribution in [0.4, 0.5) is 0 Å². The van der Waals surface area contributed by atoms with Crippen molar-refractivity contribution in [3.05, 3.63) is 48.0 Å². The van der Waals surface area contributed by atoms with E-state index in [0.29, 0.717) is 5.54 Å². The molecule has 1 rings (SSSR count). The smallest absolute Gasteiger partial charge is 0.0322 e. The summed E-state index contributed by atoms with van der Waals surface area (Å²) in [6.45, 7) is 2.05. The van der Waals surface area contributed by atoms with Crippen LogP contribution < -0.4 is 0 Å². The SMILES string of the molecule is C/C=C\[C@@H]([Si])CCc1ccccc1. The fraction of sp³-hybridized carbons (Fsp3) is 0.333. The normalized spacial score (nSPS) is 13.4. The summed E-state index contributed by atoms with van der Waals surface area (Å²) >= 11 is 0. The first-order chi connectivity index (χ1) is 6.33. The molecule has 1 heteroatoms. The van der Waals surface area contributed by atoms with Crippen LogP contribution in [0.2, 0.25) is 5.54 Å². The van der Waals surface area contributed by atoms with Crippen LogP contribution >= 0.6 is 0 Å². The third kappa shape index (κ3) is 4.09. The second-order valence-corrected chi connectivity index (χ2v) is 3.90. The van der Waals surface area contributed by atoms with Crippen LogP contribution in [-0.2, 0) is 6.42 Å². The Morgan fingerprint density at radius 2 is 2.00 bits per heavy atom. The average Bonchev–Trinajstić information content (AvgIpc) is 2.17. The highest BCUT2D eigenvalue weighted by Crippen LogP contribution is 2.12. The Bertz CT molecular complexity index is 251. The molecule has 0 heterocycles. The van der Waals surface area contributed by atoms with Crippen molar-refractivity contribution in [2.45, 2.75) is 25.3 Å². The van der Waals surface area contributed by atoms with E-state index in [-0.39, 0.29) is 0 Å². The molecule has 1 aromatic carbocycles. The Hall–Kier alpha value is -0.823. The second kappa shape index (κ2) is 5.76.